The first-order valence-electron chi connectivity index (χ1n) is 9.90. The quantitative estimate of drug-likeness (QED) is 0.718. The van der Waals surface area contributed by atoms with Gasteiger partial charge in [0.1, 0.15) is 0 Å². The molecule has 1 aliphatic heterocycles. The van der Waals surface area contributed by atoms with Crippen LogP contribution in [-0.2, 0) is 26.1 Å². The van der Waals surface area contributed by atoms with Gasteiger partial charge in [0.25, 0.3) is 5.91 Å². The van der Waals surface area contributed by atoms with Crippen LogP contribution in [0.2, 0.25) is 0 Å². The van der Waals surface area contributed by atoms with Crippen LogP contribution in [0, 0.1) is 6.92 Å². The number of hydrogen-bond donors (Lipinski definition) is 1. The minimum Gasteiger partial charge on any atom is -0.348 e. The summed E-state index contributed by atoms with van der Waals surface area (Å²) in [7, 11) is 0. The lowest BCUT2D eigenvalue weighted by atomic mass is 9.99. The lowest BCUT2D eigenvalue weighted by molar-refractivity contribution is 0.0951. The normalized spacial score (nSPS) is 13.8. The molecule has 3 aromatic carbocycles. The number of carbonyl (C=O) groups is 1. The molecule has 142 valence electrons. The molecule has 0 saturated heterocycles. The number of aryl methyl sites for hydroxylation is 1. The summed E-state index contributed by atoms with van der Waals surface area (Å²) in [5.41, 5.74) is 7.20. The van der Waals surface area contributed by atoms with E-state index in [0.717, 1.165) is 31.6 Å². The largest absolute Gasteiger partial charge is 0.348 e. The van der Waals surface area contributed by atoms with E-state index < -0.39 is 0 Å². The summed E-state index contributed by atoms with van der Waals surface area (Å²) in [5, 5.41) is 3.02. The zero-order valence-electron chi connectivity index (χ0n) is 16.3. The van der Waals surface area contributed by atoms with Gasteiger partial charge in [-0.15, -0.1) is 0 Å². The Labute approximate surface area is 167 Å². The number of amides is 1. The van der Waals surface area contributed by atoms with Gasteiger partial charge >= 0.3 is 0 Å². The third-order valence-corrected chi connectivity index (χ3v) is 5.53. The molecule has 0 bridgehead atoms. The third-order valence-electron chi connectivity index (χ3n) is 5.53. The Kier molecular flexibility index (Phi) is 5.54. The second kappa shape index (κ2) is 8.41. The van der Waals surface area contributed by atoms with Gasteiger partial charge in [-0.25, -0.2) is 0 Å². The van der Waals surface area contributed by atoms with Crippen LogP contribution < -0.4 is 5.32 Å². The van der Waals surface area contributed by atoms with Crippen molar-refractivity contribution in [1.29, 1.82) is 0 Å². The molecule has 0 aromatic heterocycles. The molecule has 0 spiro atoms. The van der Waals surface area contributed by atoms with Crippen LogP contribution in [0.1, 0.15) is 38.2 Å². The first-order chi connectivity index (χ1) is 13.7. The highest BCUT2D eigenvalue weighted by Gasteiger charge is 2.16. The lowest BCUT2D eigenvalue weighted by Gasteiger charge is -2.28. The maximum absolute atomic E-state index is 12.4. The van der Waals surface area contributed by atoms with Gasteiger partial charge in [0.2, 0.25) is 0 Å². The smallest absolute Gasteiger partial charge is 0.251 e. The van der Waals surface area contributed by atoms with Crippen LogP contribution in [0.5, 0.6) is 0 Å². The van der Waals surface area contributed by atoms with E-state index in [1.54, 1.807) is 0 Å². The van der Waals surface area contributed by atoms with Crippen LogP contribution in [-0.4, -0.2) is 17.4 Å². The van der Waals surface area contributed by atoms with Crippen molar-refractivity contribution in [1.82, 2.24) is 10.2 Å². The summed E-state index contributed by atoms with van der Waals surface area (Å²) in [4.78, 5) is 14.9. The molecule has 3 heteroatoms. The van der Waals surface area contributed by atoms with Crippen LogP contribution in [0.25, 0.3) is 0 Å². The minimum absolute atomic E-state index is 0.0262. The van der Waals surface area contributed by atoms with Gasteiger partial charge in [-0.05, 0) is 53.3 Å². The van der Waals surface area contributed by atoms with Gasteiger partial charge in [-0.3, -0.25) is 9.69 Å². The van der Waals surface area contributed by atoms with E-state index in [9.17, 15) is 4.79 Å². The Morgan fingerprint density at radius 2 is 1.64 bits per heavy atom. The van der Waals surface area contributed by atoms with Gasteiger partial charge < -0.3 is 5.32 Å². The fourth-order valence-corrected chi connectivity index (χ4v) is 3.79. The standard InChI is InChI=1S/C25H26N2O/c1-19-6-2-3-8-23(19)16-26-25(28)22-12-10-20(11-13-22)17-27-15-14-21-7-4-5-9-24(21)18-27/h2-13H,14-18H2,1H3,(H,26,28). The van der Waals surface area contributed by atoms with Crippen molar-refractivity contribution < 1.29 is 4.79 Å². The Bertz CT molecular complexity index is 962. The average molecular weight is 370 g/mol. The number of fused-ring (bicyclic) bond motifs is 1. The molecular weight excluding hydrogens is 344 g/mol. The van der Waals surface area contributed by atoms with E-state index in [4.69, 9.17) is 0 Å². The van der Waals surface area contributed by atoms with E-state index in [2.05, 4.69) is 65.7 Å². The van der Waals surface area contributed by atoms with Crippen molar-refractivity contribution in [3.63, 3.8) is 0 Å². The predicted octanol–water partition coefficient (Wildman–Crippen LogP) is 4.48. The summed E-state index contributed by atoms with van der Waals surface area (Å²) < 4.78 is 0. The highest BCUT2D eigenvalue weighted by Crippen LogP contribution is 2.20. The summed E-state index contributed by atoms with van der Waals surface area (Å²) in [6, 6.07) is 24.8. The van der Waals surface area contributed by atoms with Gasteiger partial charge in [0, 0.05) is 31.7 Å². The molecule has 1 amide bonds. The summed E-state index contributed by atoms with van der Waals surface area (Å²) in [6.07, 6.45) is 1.11. The molecule has 0 unspecified atom stereocenters. The number of rotatable bonds is 5. The molecule has 0 fully saturated rings. The molecule has 0 radical (unpaired) electrons. The molecule has 28 heavy (non-hydrogen) atoms. The lowest BCUT2D eigenvalue weighted by Crippen LogP contribution is -2.30. The molecule has 3 aromatic rings. The van der Waals surface area contributed by atoms with E-state index in [-0.39, 0.29) is 5.91 Å². The molecule has 0 atom stereocenters. The Morgan fingerprint density at radius 3 is 2.43 bits per heavy atom. The molecule has 3 nitrogen and oxygen atoms in total. The predicted molar refractivity (Wildman–Crippen MR) is 113 cm³/mol. The van der Waals surface area contributed by atoms with E-state index in [1.807, 2.05) is 24.3 Å². The van der Waals surface area contributed by atoms with Crippen molar-refractivity contribution in [3.8, 4) is 0 Å². The number of hydrogen-bond acceptors (Lipinski definition) is 2. The monoisotopic (exact) mass is 370 g/mol. The van der Waals surface area contributed by atoms with Crippen molar-refractivity contribution in [2.45, 2.75) is 33.0 Å². The molecule has 0 saturated carbocycles. The van der Waals surface area contributed by atoms with E-state index >= 15 is 0 Å². The maximum Gasteiger partial charge on any atom is 0.251 e. The SMILES string of the molecule is Cc1ccccc1CNC(=O)c1ccc(CN2CCc3ccccc3C2)cc1. The van der Waals surface area contributed by atoms with Crippen LogP contribution in [0.15, 0.2) is 72.8 Å². The second-order valence-electron chi connectivity index (χ2n) is 7.54. The number of carbonyl (C=O) groups excluding carboxylic acids is 1. The average Bonchev–Trinajstić information content (AvgIpc) is 2.73. The number of nitrogens with one attached hydrogen (secondary N) is 1. The zero-order valence-corrected chi connectivity index (χ0v) is 16.3. The molecule has 1 heterocycles. The maximum atomic E-state index is 12.4. The van der Waals surface area contributed by atoms with Gasteiger partial charge in [-0.2, -0.15) is 0 Å². The van der Waals surface area contributed by atoms with Crippen LogP contribution >= 0.6 is 0 Å². The van der Waals surface area contributed by atoms with Crippen molar-refractivity contribution in [2.75, 3.05) is 6.54 Å². The third kappa shape index (κ3) is 4.32. The fourth-order valence-electron chi connectivity index (χ4n) is 3.79. The number of benzene rings is 3. The topological polar surface area (TPSA) is 32.3 Å². The first-order valence-corrected chi connectivity index (χ1v) is 9.90. The van der Waals surface area contributed by atoms with Gasteiger partial charge in [0.15, 0.2) is 0 Å². The molecular formula is C25H26N2O. The zero-order chi connectivity index (χ0) is 19.3. The number of nitrogens with zero attached hydrogens (tertiary/aromatic N) is 1. The molecule has 1 aliphatic rings. The Hall–Kier alpha value is -2.91. The van der Waals surface area contributed by atoms with Gasteiger partial charge in [-0.1, -0.05) is 60.7 Å². The molecule has 4 rings (SSSR count). The second-order valence-corrected chi connectivity index (χ2v) is 7.54. The van der Waals surface area contributed by atoms with E-state index in [1.165, 1.54) is 22.3 Å². The van der Waals surface area contributed by atoms with Crippen molar-refractivity contribution in [2.24, 2.45) is 0 Å². The van der Waals surface area contributed by atoms with Crippen molar-refractivity contribution >= 4 is 5.91 Å². The minimum atomic E-state index is -0.0262. The summed E-state index contributed by atoms with van der Waals surface area (Å²) >= 11 is 0. The van der Waals surface area contributed by atoms with Gasteiger partial charge in [0.05, 0.1) is 0 Å². The molecule has 1 N–H and O–H groups in total. The first kappa shape index (κ1) is 18.5. The van der Waals surface area contributed by atoms with Crippen molar-refractivity contribution in [3.05, 3.63) is 106 Å². The summed E-state index contributed by atoms with van der Waals surface area (Å²) in [6.45, 7) is 5.61. The Balaban J connectivity index is 1.34. The van der Waals surface area contributed by atoms with Crippen LogP contribution in [0.4, 0.5) is 0 Å². The summed E-state index contributed by atoms with van der Waals surface area (Å²) in [5.74, 6) is -0.0262. The molecule has 0 aliphatic carbocycles. The highest BCUT2D eigenvalue weighted by atomic mass is 16.1. The Morgan fingerprint density at radius 1 is 0.929 bits per heavy atom. The fraction of sp³-hybridized carbons (Fsp3) is 0.240. The van der Waals surface area contributed by atoms with Crippen LogP contribution in [0.3, 0.4) is 0 Å². The van der Waals surface area contributed by atoms with E-state index in [0.29, 0.717) is 12.1 Å². The highest BCUT2D eigenvalue weighted by molar-refractivity contribution is 5.94.